The van der Waals surface area contributed by atoms with Crippen LogP contribution in [0, 0.1) is 0 Å². The summed E-state index contributed by atoms with van der Waals surface area (Å²) in [6.45, 7) is 13.7. The van der Waals surface area contributed by atoms with Gasteiger partial charge in [-0.3, -0.25) is 4.99 Å². The largest absolute Gasteiger partial charge is 0.251 e. The monoisotopic (exact) mass is 895 g/mol. The average molecular weight is 896 g/mol. The van der Waals surface area contributed by atoms with Gasteiger partial charge < -0.3 is 0 Å². The number of allylic oxidation sites excluding steroid dienone is 2. The first kappa shape index (κ1) is 58.0. The average Bonchev–Trinajstić information content (AvgIpc) is 3.26. The molecule has 0 aliphatic rings. The fraction of sp³-hybridized carbons (Fsp3) is 0.729. The molecule has 2 aromatic rings. The second kappa shape index (κ2) is 41.7. The van der Waals surface area contributed by atoms with Gasteiger partial charge in [0.1, 0.15) is 0 Å². The van der Waals surface area contributed by atoms with Gasteiger partial charge in [-0.25, -0.2) is 4.99 Å². The van der Waals surface area contributed by atoms with Gasteiger partial charge in [0.25, 0.3) is 0 Å². The van der Waals surface area contributed by atoms with Crippen molar-refractivity contribution in [3.8, 4) is 0 Å². The van der Waals surface area contributed by atoms with Crippen LogP contribution >= 0.6 is 0 Å². The molecule has 62 heavy (non-hydrogen) atoms. The molecule has 0 aliphatic carbocycles. The molecule has 0 unspecified atom stereocenters. The van der Waals surface area contributed by atoms with E-state index in [-0.39, 0.29) is 16.5 Å². The molecular weight excluding hydrogens is 795 g/mol. The van der Waals surface area contributed by atoms with Crippen LogP contribution in [0.3, 0.4) is 0 Å². The van der Waals surface area contributed by atoms with Crippen molar-refractivity contribution in [3.05, 3.63) is 70.8 Å². The van der Waals surface area contributed by atoms with Crippen molar-refractivity contribution in [2.24, 2.45) is 9.98 Å². The maximum absolute atomic E-state index is 5.39. The van der Waals surface area contributed by atoms with E-state index in [0.29, 0.717) is 0 Å². The fourth-order valence-corrected chi connectivity index (χ4v) is 9.07. The molecule has 0 amide bonds. The van der Waals surface area contributed by atoms with Crippen molar-refractivity contribution >= 4 is 22.8 Å². The summed E-state index contributed by atoms with van der Waals surface area (Å²) in [5.41, 5.74) is 10.2. The van der Waals surface area contributed by atoms with Crippen LogP contribution in [0.4, 0.5) is 11.4 Å². The van der Waals surface area contributed by atoms with Crippen molar-refractivity contribution in [3.63, 3.8) is 0 Å². The Labute approximate surface area is 397 Å². The summed E-state index contributed by atoms with van der Waals surface area (Å²) in [5.74, 6) is 0. The van der Waals surface area contributed by atoms with E-state index in [1.807, 2.05) is 0 Å². The Kier molecular flexibility index (Phi) is 39.0. The van der Waals surface area contributed by atoms with E-state index in [9.17, 15) is 0 Å². The number of rotatable bonds is 41. The van der Waals surface area contributed by atoms with Crippen LogP contribution in [-0.4, -0.2) is 11.4 Å². The third-order valence-corrected chi connectivity index (χ3v) is 12.8. The molecule has 0 atom stereocenters. The van der Waals surface area contributed by atoms with E-state index in [0.717, 1.165) is 87.0 Å². The van der Waals surface area contributed by atoms with Gasteiger partial charge in [0, 0.05) is 16.5 Å². The summed E-state index contributed by atoms with van der Waals surface area (Å²) < 4.78 is 0. The van der Waals surface area contributed by atoms with E-state index in [1.165, 1.54) is 196 Å². The van der Waals surface area contributed by atoms with Crippen molar-refractivity contribution in [2.45, 2.75) is 279 Å². The first-order chi connectivity index (χ1) is 30.1. The molecule has 0 saturated carbocycles. The Balaban J connectivity index is 0.0000192. The van der Waals surface area contributed by atoms with Gasteiger partial charge in [0.15, 0.2) is 0 Å². The SMILES string of the molecule is CCCCCCCCCCCCCCCCCCCCCCCCCCCC=CC(=Nc1ccc(CCC)c(CCC)c1)C(CCCC)=Nc1ccc(CCC)c(CCC)c1.[Ni]. The smallest absolute Gasteiger partial charge is 0.0848 e. The minimum absolute atomic E-state index is 0. The molecule has 0 N–H and O–H groups in total. The zero-order valence-electron chi connectivity index (χ0n) is 42.0. The van der Waals surface area contributed by atoms with Gasteiger partial charge in [-0.15, -0.1) is 0 Å². The Bertz CT molecular complexity index is 1420. The van der Waals surface area contributed by atoms with Gasteiger partial charge in [0.05, 0.1) is 22.8 Å². The second-order valence-corrected chi connectivity index (χ2v) is 18.7. The predicted octanol–water partition coefficient (Wildman–Crippen LogP) is 20.2. The molecule has 3 heteroatoms. The Morgan fingerprint density at radius 2 is 0.710 bits per heavy atom. The number of nitrogens with zero attached hydrogens (tertiary/aromatic N) is 2. The number of hydrogen-bond acceptors (Lipinski definition) is 2. The van der Waals surface area contributed by atoms with Crippen LogP contribution in [0.2, 0.25) is 0 Å². The molecular formula is C59H100N2Ni. The van der Waals surface area contributed by atoms with Crippen molar-refractivity contribution < 1.29 is 16.5 Å². The molecule has 0 aromatic heterocycles. The van der Waals surface area contributed by atoms with Crippen molar-refractivity contribution in [2.75, 3.05) is 0 Å². The molecule has 2 rings (SSSR count). The maximum Gasteiger partial charge on any atom is 0.0848 e. The first-order valence-electron chi connectivity index (χ1n) is 27.2. The van der Waals surface area contributed by atoms with Gasteiger partial charge >= 0.3 is 0 Å². The fourth-order valence-electron chi connectivity index (χ4n) is 9.07. The van der Waals surface area contributed by atoms with Crippen LogP contribution < -0.4 is 0 Å². The van der Waals surface area contributed by atoms with E-state index in [4.69, 9.17) is 9.98 Å². The van der Waals surface area contributed by atoms with Crippen LogP contribution in [0.25, 0.3) is 0 Å². The quantitative estimate of drug-likeness (QED) is 0.0361. The summed E-state index contributed by atoms with van der Waals surface area (Å²) in [6, 6.07) is 13.9. The third-order valence-electron chi connectivity index (χ3n) is 12.8. The molecule has 0 heterocycles. The number of hydrogen-bond donors (Lipinski definition) is 0. The number of benzene rings is 2. The van der Waals surface area contributed by atoms with Gasteiger partial charge in [-0.2, -0.15) is 0 Å². The molecule has 0 spiro atoms. The van der Waals surface area contributed by atoms with E-state index < -0.39 is 0 Å². The van der Waals surface area contributed by atoms with Crippen molar-refractivity contribution in [1.82, 2.24) is 0 Å². The van der Waals surface area contributed by atoms with Crippen molar-refractivity contribution in [1.29, 1.82) is 0 Å². The number of unbranched alkanes of at least 4 members (excludes halogenated alkanes) is 26. The Morgan fingerprint density at radius 3 is 1.08 bits per heavy atom. The predicted molar refractivity (Wildman–Crippen MR) is 277 cm³/mol. The van der Waals surface area contributed by atoms with Gasteiger partial charge in [-0.1, -0.05) is 246 Å². The topological polar surface area (TPSA) is 24.7 Å². The normalized spacial score (nSPS) is 12.2. The summed E-state index contributed by atoms with van der Waals surface area (Å²) in [6.07, 6.45) is 54.2. The van der Waals surface area contributed by atoms with Gasteiger partial charge in [0.2, 0.25) is 0 Å². The van der Waals surface area contributed by atoms with Crippen LogP contribution in [0.1, 0.15) is 276 Å². The minimum Gasteiger partial charge on any atom is -0.251 e. The maximum atomic E-state index is 5.39. The van der Waals surface area contributed by atoms with Crippen LogP contribution in [0.15, 0.2) is 58.5 Å². The molecule has 0 aliphatic heterocycles. The summed E-state index contributed by atoms with van der Waals surface area (Å²) in [7, 11) is 0. The summed E-state index contributed by atoms with van der Waals surface area (Å²) >= 11 is 0. The van der Waals surface area contributed by atoms with Gasteiger partial charge in [-0.05, 0) is 104 Å². The molecule has 356 valence electrons. The van der Waals surface area contributed by atoms with Crippen LogP contribution in [0.5, 0.6) is 0 Å². The van der Waals surface area contributed by atoms with Crippen LogP contribution in [-0.2, 0) is 42.2 Å². The molecule has 2 aromatic carbocycles. The minimum atomic E-state index is 0. The van der Waals surface area contributed by atoms with E-state index >= 15 is 0 Å². The zero-order valence-corrected chi connectivity index (χ0v) is 43.0. The third kappa shape index (κ3) is 28.7. The second-order valence-electron chi connectivity index (χ2n) is 18.7. The molecule has 0 bridgehead atoms. The molecule has 0 radical (unpaired) electrons. The first-order valence-corrected chi connectivity index (χ1v) is 27.2. The Morgan fingerprint density at radius 1 is 0.371 bits per heavy atom. The summed E-state index contributed by atoms with van der Waals surface area (Å²) in [5, 5.41) is 0. The molecule has 2 nitrogen and oxygen atoms in total. The number of aliphatic imine (C=N–C) groups is 2. The Hall–Kier alpha value is -1.99. The summed E-state index contributed by atoms with van der Waals surface area (Å²) in [4.78, 5) is 10.8. The molecule has 0 saturated heterocycles. The number of aryl methyl sites for hydroxylation is 4. The van der Waals surface area contributed by atoms with E-state index in [2.05, 4.69) is 90.1 Å². The standard InChI is InChI=1S/C59H100N2.Ni/c1-7-13-15-16-17-18-19-20-21-22-23-24-25-26-27-28-29-30-31-32-33-34-35-36-37-38-39-45-59(61-57-49-47-53(41-10-4)55(51-57)43-12-6)58(44-14-8-2)60-56-48-46-52(40-9-3)54(50-56)42-11-5;/h39,45-51H,7-38,40-44H2,1-6H3;. The molecule has 0 fully saturated rings. The zero-order chi connectivity index (χ0) is 43.9. The van der Waals surface area contributed by atoms with E-state index in [1.54, 1.807) is 0 Å².